The Morgan fingerprint density at radius 2 is 1.95 bits per heavy atom. The van der Waals surface area contributed by atoms with Gasteiger partial charge in [-0.1, -0.05) is 0 Å². The fourth-order valence-electron chi connectivity index (χ4n) is 1.47. The van der Waals surface area contributed by atoms with Crippen LogP contribution in [-0.2, 0) is 0 Å². The van der Waals surface area contributed by atoms with Crippen molar-refractivity contribution in [2.24, 2.45) is 0 Å². The number of aldehydes is 1. The lowest BCUT2D eigenvalue weighted by Gasteiger charge is -2.07. The molecule has 0 aromatic heterocycles. The van der Waals surface area contributed by atoms with Crippen LogP contribution in [0.2, 0.25) is 0 Å². The molecule has 0 heterocycles. The molecule has 0 atom stereocenters. The molecular formula is C14H7F2NO2. The number of hydrogen-bond donors (Lipinski definition) is 0. The Morgan fingerprint density at radius 3 is 2.58 bits per heavy atom. The maximum atomic E-state index is 13.6. The van der Waals surface area contributed by atoms with Crippen molar-refractivity contribution in [1.82, 2.24) is 0 Å². The third-order valence-electron chi connectivity index (χ3n) is 2.30. The molecule has 0 radical (unpaired) electrons. The molecule has 5 heteroatoms. The monoisotopic (exact) mass is 259 g/mol. The molecule has 0 aliphatic heterocycles. The minimum Gasteiger partial charge on any atom is -0.456 e. The summed E-state index contributed by atoms with van der Waals surface area (Å²) in [6, 6.07) is 7.04. The zero-order valence-electron chi connectivity index (χ0n) is 9.56. The van der Waals surface area contributed by atoms with Crippen LogP contribution in [0.5, 0.6) is 11.5 Å². The van der Waals surface area contributed by atoms with Crippen LogP contribution in [0, 0.1) is 18.2 Å². The molecule has 0 unspecified atom stereocenters. The summed E-state index contributed by atoms with van der Waals surface area (Å²) in [4.78, 5) is 13.5. The lowest BCUT2D eigenvalue weighted by Crippen LogP contribution is -1.91. The molecule has 2 rings (SSSR count). The Kier molecular flexibility index (Phi) is 3.53. The number of carbonyl (C=O) groups excluding carboxylic acids is 1. The van der Waals surface area contributed by atoms with Gasteiger partial charge in [0.05, 0.1) is 6.57 Å². The van der Waals surface area contributed by atoms with Crippen molar-refractivity contribution in [2.75, 3.05) is 0 Å². The van der Waals surface area contributed by atoms with Gasteiger partial charge in [0.1, 0.15) is 17.9 Å². The molecule has 0 saturated carbocycles. The van der Waals surface area contributed by atoms with E-state index in [1.807, 2.05) is 0 Å². The Morgan fingerprint density at radius 1 is 1.16 bits per heavy atom. The van der Waals surface area contributed by atoms with Gasteiger partial charge in [0, 0.05) is 11.6 Å². The van der Waals surface area contributed by atoms with Gasteiger partial charge in [0.15, 0.2) is 17.3 Å². The van der Waals surface area contributed by atoms with E-state index < -0.39 is 11.6 Å². The molecule has 2 aromatic rings. The van der Waals surface area contributed by atoms with Crippen LogP contribution in [0.3, 0.4) is 0 Å². The smallest absolute Gasteiger partial charge is 0.193 e. The highest BCUT2D eigenvalue weighted by Gasteiger charge is 2.08. The lowest BCUT2D eigenvalue weighted by molar-refractivity contribution is 0.112. The molecule has 0 aliphatic rings. The molecule has 0 spiro atoms. The molecule has 0 N–H and O–H groups in total. The second kappa shape index (κ2) is 5.27. The van der Waals surface area contributed by atoms with Crippen LogP contribution < -0.4 is 4.74 Å². The Bertz CT molecular complexity index is 678. The van der Waals surface area contributed by atoms with E-state index >= 15 is 0 Å². The number of ether oxygens (including phenoxy) is 1. The van der Waals surface area contributed by atoms with Crippen molar-refractivity contribution in [2.45, 2.75) is 0 Å². The number of nitrogens with zero attached hydrogens (tertiary/aromatic N) is 1. The molecule has 3 nitrogen and oxygen atoms in total. The van der Waals surface area contributed by atoms with Crippen molar-refractivity contribution in [3.8, 4) is 11.5 Å². The first-order valence-electron chi connectivity index (χ1n) is 5.23. The molecular weight excluding hydrogens is 252 g/mol. The summed E-state index contributed by atoms with van der Waals surface area (Å²) in [6.45, 7) is 6.80. The summed E-state index contributed by atoms with van der Waals surface area (Å²) < 4.78 is 31.9. The summed E-state index contributed by atoms with van der Waals surface area (Å²) in [5.74, 6) is -1.51. The summed E-state index contributed by atoms with van der Waals surface area (Å²) in [6.07, 6.45) is 0.506. The standard InChI is InChI=1S/C14H7F2NO2/c1-17-11-5-10(15)6-12(7-11)19-14-3-2-9(8-18)4-13(14)16/h2-8H. The van der Waals surface area contributed by atoms with Gasteiger partial charge < -0.3 is 4.74 Å². The number of halogens is 2. The quantitative estimate of drug-likeness (QED) is 0.613. The van der Waals surface area contributed by atoms with E-state index in [1.165, 1.54) is 18.2 Å². The van der Waals surface area contributed by atoms with Gasteiger partial charge in [-0.3, -0.25) is 4.79 Å². The fourth-order valence-corrected chi connectivity index (χ4v) is 1.47. The Hall–Kier alpha value is -2.74. The average molecular weight is 259 g/mol. The van der Waals surface area contributed by atoms with E-state index in [4.69, 9.17) is 11.3 Å². The molecule has 0 saturated heterocycles. The minimum absolute atomic E-state index is 0.0174. The van der Waals surface area contributed by atoms with Crippen molar-refractivity contribution < 1.29 is 18.3 Å². The first kappa shape index (κ1) is 12.7. The van der Waals surface area contributed by atoms with Gasteiger partial charge in [-0.25, -0.2) is 13.6 Å². The second-order valence-corrected chi connectivity index (χ2v) is 3.67. The van der Waals surface area contributed by atoms with E-state index in [0.717, 1.165) is 18.2 Å². The average Bonchev–Trinajstić information content (AvgIpc) is 2.40. The zero-order valence-corrected chi connectivity index (χ0v) is 9.56. The van der Waals surface area contributed by atoms with Crippen LogP contribution in [0.4, 0.5) is 14.5 Å². The first-order valence-corrected chi connectivity index (χ1v) is 5.23. The van der Waals surface area contributed by atoms with Crippen LogP contribution in [0.15, 0.2) is 36.4 Å². The maximum Gasteiger partial charge on any atom is 0.193 e. The maximum absolute atomic E-state index is 13.6. The van der Waals surface area contributed by atoms with Gasteiger partial charge >= 0.3 is 0 Å². The van der Waals surface area contributed by atoms with Crippen molar-refractivity contribution >= 4 is 12.0 Å². The van der Waals surface area contributed by atoms with E-state index in [9.17, 15) is 13.6 Å². The van der Waals surface area contributed by atoms with E-state index in [-0.39, 0.29) is 22.7 Å². The molecule has 0 fully saturated rings. The van der Waals surface area contributed by atoms with Gasteiger partial charge in [-0.2, -0.15) is 0 Å². The van der Waals surface area contributed by atoms with Crippen molar-refractivity contribution in [1.29, 1.82) is 0 Å². The highest BCUT2D eigenvalue weighted by atomic mass is 19.1. The van der Waals surface area contributed by atoms with Crippen molar-refractivity contribution in [3.05, 3.63) is 65.0 Å². The van der Waals surface area contributed by atoms with Gasteiger partial charge in [0.2, 0.25) is 0 Å². The SMILES string of the molecule is [C-]#[N+]c1cc(F)cc(Oc2ccc(C=O)cc2F)c1. The van der Waals surface area contributed by atoms with Gasteiger partial charge in [-0.15, -0.1) is 0 Å². The molecule has 2 aromatic carbocycles. The van der Waals surface area contributed by atoms with E-state index in [1.54, 1.807) is 0 Å². The number of hydrogen-bond acceptors (Lipinski definition) is 2. The fraction of sp³-hybridized carbons (Fsp3) is 0. The predicted octanol–water partition coefficient (Wildman–Crippen LogP) is 4.12. The Balaban J connectivity index is 2.33. The highest BCUT2D eigenvalue weighted by molar-refractivity contribution is 5.75. The third-order valence-corrected chi connectivity index (χ3v) is 2.30. The summed E-state index contributed by atoms with van der Waals surface area (Å²) in [7, 11) is 0. The Labute approximate surface area is 107 Å². The van der Waals surface area contributed by atoms with Gasteiger partial charge in [0.25, 0.3) is 0 Å². The molecule has 19 heavy (non-hydrogen) atoms. The predicted molar refractivity (Wildman–Crippen MR) is 64.5 cm³/mol. The molecule has 0 aliphatic carbocycles. The third kappa shape index (κ3) is 2.93. The lowest BCUT2D eigenvalue weighted by atomic mass is 10.2. The van der Waals surface area contributed by atoms with E-state index in [0.29, 0.717) is 6.29 Å². The summed E-state index contributed by atoms with van der Waals surface area (Å²) >= 11 is 0. The zero-order chi connectivity index (χ0) is 13.8. The molecule has 94 valence electrons. The number of carbonyl (C=O) groups is 1. The largest absolute Gasteiger partial charge is 0.456 e. The summed E-state index contributed by atoms with van der Waals surface area (Å²) in [5.41, 5.74) is 0.228. The second-order valence-electron chi connectivity index (χ2n) is 3.67. The van der Waals surface area contributed by atoms with E-state index in [2.05, 4.69) is 4.85 Å². The minimum atomic E-state index is -0.738. The van der Waals surface area contributed by atoms with Crippen molar-refractivity contribution in [3.63, 3.8) is 0 Å². The van der Waals surface area contributed by atoms with Crippen LogP contribution in [0.1, 0.15) is 10.4 Å². The van der Waals surface area contributed by atoms with Crippen LogP contribution in [-0.4, -0.2) is 6.29 Å². The first-order chi connectivity index (χ1) is 9.12. The molecule has 0 bridgehead atoms. The number of rotatable bonds is 3. The highest BCUT2D eigenvalue weighted by Crippen LogP contribution is 2.29. The normalized spacial score (nSPS) is 9.74. The van der Waals surface area contributed by atoms with Gasteiger partial charge in [-0.05, 0) is 30.3 Å². The molecule has 0 amide bonds. The number of benzene rings is 2. The summed E-state index contributed by atoms with van der Waals surface area (Å²) in [5, 5.41) is 0. The van der Waals surface area contributed by atoms with Crippen LogP contribution >= 0.6 is 0 Å². The van der Waals surface area contributed by atoms with Crippen LogP contribution in [0.25, 0.3) is 4.85 Å². The topological polar surface area (TPSA) is 30.7 Å².